The number of benzene rings is 2. The molecule has 1 heterocycles. The summed E-state index contributed by atoms with van der Waals surface area (Å²) in [5.74, 6) is -2.08. The van der Waals surface area contributed by atoms with Gasteiger partial charge in [-0.2, -0.15) is 0 Å². The van der Waals surface area contributed by atoms with Gasteiger partial charge in [-0.1, -0.05) is 12.1 Å². The predicted octanol–water partition coefficient (Wildman–Crippen LogP) is 2.16. The van der Waals surface area contributed by atoms with Crippen LogP contribution in [0.1, 0.15) is 16.9 Å². The third-order valence-corrected chi connectivity index (χ3v) is 4.20. The fraction of sp³-hybridized carbons (Fsp3) is 0.150. The van der Waals surface area contributed by atoms with Gasteiger partial charge >= 0.3 is 11.8 Å². The molecule has 0 fully saturated rings. The molecule has 0 unspecified atom stereocenters. The van der Waals surface area contributed by atoms with E-state index in [9.17, 15) is 18.8 Å². The molecule has 2 aromatic carbocycles. The summed E-state index contributed by atoms with van der Waals surface area (Å²) in [5, 5.41) is 5.55. The van der Waals surface area contributed by atoms with Gasteiger partial charge in [-0.05, 0) is 42.8 Å². The Morgan fingerprint density at radius 1 is 1.07 bits per heavy atom. The normalized spacial score (nSPS) is 10.6. The Balaban J connectivity index is 1.59. The summed E-state index contributed by atoms with van der Waals surface area (Å²) in [4.78, 5) is 34.9. The zero-order valence-electron chi connectivity index (χ0n) is 15.0. The lowest BCUT2D eigenvalue weighted by Crippen LogP contribution is -2.35. The first kappa shape index (κ1) is 19.1. The largest absolute Gasteiger partial charge is 0.459 e. The number of amides is 3. The van der Waals surface area contributed by atoms with Crippen molar-refractivity contribution in [2.45, 2.75) is 19.9 Å². The number of halogens is 1. The molecule has 3 rings (SSSR count). The van der Waals surface area contributed by atoms with E-state index in [1.165, 1.54) is 18.2 Å². The van der Waals surface area contributed by atoms with Gasteiger partial charge in [0.15, 0.2) is 0 Å². The molecule has 1 aromatic heterocycles. The van der Waals surface area contributed by atoms with Crippen LogP contribution in [0.5, 0.6) is 0 Å². The van der Waals surface area contributed by atoms with E-state index in [0.717, 1.165) is 0 Å². The van der Waals surface area contributed by atoms with Gasteiger partial charge in [0.05, 0.1) is 13.0 Å². The molecule has 7 nitrogen and oxygen atoms in total. The van der Waals surface area contributed by atoms with Crippen LogP contribution in [0.15, 0.2) is 46.9 Å². The van der Waals surface area contributed by atoms with Gasteiger partial charge < -0.3 is 20.8 Å². The van der Waals surface area contributed by atoms with Crippen molar-refractivity contribution < 1.29 is 23.2 Å². The topological polar surface area (TPSA) is 114 Å². The molecule has 0 spiro atoms. The molecule has 0 aliphatic rings. The Bertz CT molecular complexity index is 1060. The highest BCUT2D eigenvalue weighted by Gasteiger charge is 2.16. The van der Waals surface area contributed by atoms with E-state index in [2.05, 4.69) is 10.6 Å². The number of hydrogen-bond donors (Lipinski definition) is 3. The van der Waals surface area contributed by atoms with Crippen LogP contribution in [0.25, 0.3) is 11.0 Å². The third kappa shape index (κ3) is 4.35. The number of primary amides is 1. The number of furan rings is 1. The summed E-state index contributed by atoms with van der Waals surface area (Å²) in [6, 6.07) is 10.6. The minimum absolute atomic E-state index is 0.00800. The Kier molecular flexibility index (Phi) is 5.39. The quantitative estimate of drug-likeness (QED) is 0.586. The van der Waals surface area contributed by atoms with Gasteiger partial charge in [-0.3, -0.25) is 14.4 Å². The first-order valence-electron chi connectivity index (χ1n) is 8.47. The number of anilines is 1. The number of aryl methyl sites for hydroxylation is 1. The van der Waals surface area contributed by atoms with E-state index >= 15 is 0 Å². The molecule has 0 radical (unpaired) electrons. The maximum absolute atomic E-state index is 13.4. The molecular weight excluding hydrogens is 365 g/mol. The number of fused-ring (bicyclic) bond motifs is 1. The van der Waals surface area contributed by atoms with Crippen LogP contribution < -0.4 is 16.4 Å². The molecule has 0 aliphatic heterocycles. The molecule has 3 amide bonds. The molecule has 28 heavy (non-hydrogen) atoms. The number of nitrogens with two attached hydrogens (primary N) is 1. The third-order valence-electron chi connectivity index (χ3n) is 4.20. The van der Waals surface area contributed by atoms with E-state index in [0.29, 0.717) is 33.5 Å². The minimum atomic E-state index is -0.845. The van der Waals surface area contributed by atoms with Crippen LogP contribution >= 0.6 is 0 Å². The standard InChI is InChI=1S/C20H18FN3O4/c1-11-15-9-13(21)4-7-16(15)28-17(11)10-23-19(26)20(27)24-14-5-2-12(3-6-14)8-18(22)25/h2-7,9H,8,10H2,1H3,(H2,22,25)(H,23,26)(H,24,27). The lowest BCUT2D eigenvalue weighted by Gasteiger charge is -2.07. The fourth-order valence-electron chi connectivity index (χ4n) is 2.75. The van der Waals surface area contributed by atoms with Crippen molar-refractivity contribution in [1.29, 1.82) is 0 Å². The van der Waals surface area contributed by atoms with Gasteiger partial charge in [0, 0.05) is 16.6 Å². The molecule has 144 valence electrons. The van der Waals surface area contributed by atoms with Crippen LogP contribution in [-0.4, -0.2) is 17.7 Å². The van der Waals surface area contributed by atoms with Crippen LogP contribution in [0.4, 0.5) is 10.1 Å². The van der Waals surface area contributed by atoms with E-state index in [-0.39, 0.29) is 18.8 Å². The van der Waals surface area contributed by atoms with Crippen molar-refractivity contribution in [1.82, 2.24) is 5.32 Å². The first-order chi connectivity index (χ1) is 13.3. The van der Waals surface area contributed by atoms with Gasteiger partial charge in [0.2, 0.25) is 5.91 Å². The Morgan fingerprint density at radius 3 is 2.46 bits per heavy atom. The van der Waals surface area contributed by atoms with Crippen molar-refractivity contribution in [2.24, 2.45) is 5.73 Å². The number of rotatable bonds is 5. The molecule has 0 bridgehead atoms. The monoisotopic (exact) mass is 383 g/mol. The molecular formula is C20H18FN3O4. The van der Waals surface area contributed by atoms with Gasteiger partial charge in [-0.25, -0.2) is 4.39 Å². The number of nitrogens with one attached hydrogen (secondary N) is 2. The first-order valence-corrected chi connectivity index (χ1v) is 8.47. The van der Waals surface area contributed by atoms with Crippen molar-refractivity contribution in [3.8, 4) is 0 Å². The molecule has 3 aromatic rings. The molecule has 4 N–H and O–H groups in total. The molecule has 0 saturated carbocycles. The van der Waals surface area contributed by atoms with Crippen LogP contribution in [0.2, 0.25) is 0 Å². The average Bonchev–Trinajstić information content (AvgIpc) is 2.96. The molecule has 0 aliphatic carbocycles. The lowest BCUT2D eigenvalue weighted by molar-refractivity contribution is -0.136. The van der Waals surface area contributed by atoms with E-state index in [4.69, 9.17) is 10.2 Å². The second-order valence-corrected chi connectivity index (χ2v) is 6.27. The Hall–Kier alpha value is -3.68. The predicted molar refractivity (Wildman–Crippen MR) is 101 cm³/mol. The summed E-state index contributed by atoms with van der Waals surface area (Å²) in [5.41, 5.74) is 7.42. The van der Waals surface area contributed by atoms with E-state index in [1.807, 2.05) is 0 Å². The van der Waals surface area contributed by atoms with Gasteiger partial charge in [0.1, 0.15) is 17.2 Å². The van der Waals surface area contributed by atoms with Gasteiger partial charge in [-0.15, -0.1) is 0 Å². The maximum Gasteiger partial charge on any atom is 0.313 e. The van der Waals surface area contributed by atoms with Crippen LogP contribution in [0, 0.1) is 12.7 Å². The van der Waals surface area contributed by atoms with Crippen LogP contribution in [0.3, 0.4) is 0 Å². The van der Waals surface area contributed by atoms with Crippen molar-refractivity contribution in [3.05, 3.63) is 65.2 Å². The summed E-state index contributed by atoms with van der Waals surface area (Å²) in [6.45, 7) is 1.74. The Morgan fingerprint density at radius 2 is 1.79 bits per heavy atom. The smallest absolute Gasteiger partial charge is 0.313 e. The molecule has 0 saturated heterocycles. The maximum atomic E-state index is 13.4. The van der Waals surface area contributed by atoms with Crippen LogP contribution in [-0.2, 0) is 27.3 Å². The number of carbonyl (C=O) groups excluding carboxylic acids is 3. The highest BCUT2D eigenvalue weighted by atomic mass is 19.1. The molecule has 8 heteroatoms. The Labute approximate surface area is 159 Å². The zero-order chi connectivity index (χ0) is 20.3. The minimum Gasteiger partial charge on any atom is -0.459 e. The second-order valence-electron chi connectivity index (χ2n) is 6.27. The number of carbonyl (C=O) groups is 3. The SMILES string of the molecule is Cc1c(CNC(=O)C(=O)Nc2ccc(CC(N)=O)cc2)oc2ccc(F)cc12. The fourth-order valence-corrected chi connectivity index (χ4v) is 2.75. The summed E-state index contributed by atoms with van der Waals surface area (Å²) in [6.07, 6.45) is 0.0927. The van der Waals surface area contributed by atoms with E-state index in [1.54, 1.807) is 31.2 Å². The zero-order valence-corrected chi connectivity index (χ0v) is 15.0. The average molecular weight is 383 g/mol. The van der Waals surface area contributed by atoms with Crippen molar-refractivity contribution >= 4 is 34.4 Å². The highest BCUT2D eigenvalue weighted by Crippen LogP contribution is 2.25. The van der Waals surface area contributed by atoms with Gasteiger partial charge in [0.25, 0.3) is 0 Å². The van der Waals surface area contributed by atoms with E-state index < -0.39 is 17.7 Å². The second kappa shape index (κ2) is 7.91. The van der Waals surface area contributed by atoms with Crippen molar-refractivity contribution in [2.75, 3.05) is 5.32 Å². The highest BCUT2D eigenvalue weighted by molar-refractivity contribution is 6.39. The summed E-state index contributed by atoms with van der Waals surface area (Å²) >= 11 is 0. The van der Waals surface area contributed by atoms with Crippen molar-refractivity contribution in [3.63, 3.8) is 0 Å². The lowest BCUT2D eigenvalue weighted by atomic mass is 10.1. The summed E-state index contributed by atoms with van der Waals surface area (Å²) in [7, 11) is 0. The number of hydrogen-bond acceptors (Lipinski definition) is 4. The summed E-state index contributed by atoms with van der Waals surface area (Å²) < 4.78 is 18.9. The molecule has 0 atom stereocenters.